The lowest BCUT2D eigenvalue weighted by molar-refractivity contribution is -0.122. The normalized spacial score (nSPS) is 11.9. The number of rotatable bonds is 6. The molecular weight excluding hydrogens is 326 g/mol. The first-order chi connectivity index (χ1) is 11.1. The molecule has 4 N–H and O–H groups in total. The van der Waals surface area contributed by atoms with E-state index in [4.69, 9.17) is 5.73 Å². The largest absolute Gasteiger partial charge is 0.361 e. The summed E-state index contributed by atoms with van der Waals surface area (Å²) in [4.78, 5) is 15.3. The number of aryl methyl sites for hydroxylation is 1. The number of aromatic nitrogens is 3. The summed E-state index contributed by atoms with van der Waals surface area (Å²) in [6, 6.07) is 7.46. The number of amides is 1. The Bertz CT molecular complexity index is 810. The van der Waals surface area contributed by atoms with Gasteiger partial charge in [0.05, 0.1) is 12.2 Å². The Balaban J connectivity index is 0.00000208. The number of H-pyrrole nitrogens is 1. The number of carbonyl (C=O) groups is 1. The molecule has 0 saturated heterocycles. The molecule has 2 heterocycles. The van der Waals surface area contributed by atoms with Gasteiger partial charge in [0.1, 0.15) is 0 Å². The predicted octanol–water partition coefficient (Wildman–Crippen LogP) is 1.55. The van der Waals surface area contributed by atoms with Crippen LogP contribution in [-0.4, -0.2) is 33.3 Å². The first-order valence-corrected chi connectivity index (χ1v) is 7.69. The molecule has 1 aromatic carbocycles. The number of carbonyl (C=O) groups excluding carboxylic acids is 1. The molecule has 7 heteroatoms. The van der Waals surface area contributed by atoms with Crippen molar-refractivity contribution in [1.82, 2.24) is 20.1 Å². The monoisotopic (exact) mass is 347 g/mol. The maximum Gasteiger partial charge on any atom is 0.237 e. The van der Waals surface area contributed by atoms with Crippen molar-refractivity contribution in [2.45, 2.75) is 18.9 Å². The van der Waals surface area contributed by atoms with Crippen LogP contribution in [0, 0.1) is 0 Å². The van der Waals surface area contributed by atoms with Crippen LogP contribution >= 0.6 is 12.4 Å². The van der Waals surface area contributed by atoms with Crippen molar-refractivity contribution in [3.63, 3.8) is 0 Å². The highest BCUT2D eigenvalue weighted by Crippen LogP contribution is 2.18. The summed E-state index contributed by atoms with van der Waals surface area (Å²) in [5.74, 6) is -0.126. The number of nitrogens with one attached hydrogen (secondary N) is 2. The molecule has 0 fully saturated rings. The highest BCUT2D eigenvalue weighted by atomic mass is 35.5. The van der Waals surface area contributed by atoms with Crippen LogP contribution in [0.15, 0.2) is 42.9 Å². The second kappa shape index (κ2) is 7.99. The van der Waals surface area contributed by atoms with Gasteiger partial charge in [-0.05, 0) is 30.0 Å². The maximum atomic E-state index is 12.1. The third kappa shape index (κ3) is 4.15. The van der Waals surface area contributed by atoms with Crippen molar-refractivity contribution in [3.8, 4) is 0 Å². The summed E-state index contributed by atoms with van der Waals surface area (Å²) < 4.78 is 1.75. The molecule has 0 bridgehead atoms. The number of hydrogen-bond acceptors (Lipinski definition) is 3. The van der Waals surface area contributed by atoms with Crippen molar-refractivity contribution >= 4 is 29.2 Å². The molecule has 0 aliphatic rings. The third-order valence-corrected chi connectivity index (χ3v) is 3.92. The van der Waals surface area contributed by atoms with Crippen molar-refractivity contribution in [2.75, 3.05) is 6.54 Å². The lowest BCUT2D eigenvalue weighted by Crippen LogP contribution is -2.42. The van der Waals surface area contributed by atoms with Crippen LogP contribution in [-0.2, 0) is 24.7 Å². The van der Waals surface area contributed by atoms with Crippen LogP contribution in [0.25, 0.3) is 10.9 Å². The van der Waals surface area contributed by atoms with E-state index in [1.54, 1.807) is 10.9 Å². The van der Waals surface area contributed by atoms with Gasteiger partial charge < -0.3 is 16.0 Å². The number of fused-ring (bicyclic) bond motifs is 1. The number of hydrogen-bond donors (Lipinski definition) is 3. The minimum Gasteiger partial charge on any atom is -0.361 e. The van der Waals surface area contributed by atoms with Gasteiger partial charge in [-0.3, -0.25) is 9.48 Å². The summed E-state index contributed by atoms with van der Waals surface area (Å²) in [5, 5.41) is 8.11. The van der Waals surface area contributed by atoms with Crippen LogP contribution in [0.3, 0.4) is 0 Å². The quantitative estimate of drug-likeness (QED) is 0.632. The van der Waals surface area contributed by atoms with E-state index in [-0.39, 0.29) is 18.3 Å². The molecule has 0 spiro atoms. The number of nitrogens with zero attached hydrogens (tertiary/aromatic N) is 2. The number of halogens is 1. The minimum atomic E-state index is -0.553. The summed E-state index contributed by atoms with van der Waals surface area (Å²) in [5.41, 5.74) is 9.26. The minimum absolute atomic E-state index is 0. The smallest absolute Gasteiger partial charge is 0.237 e. The lowest BCUT2D eigenvalue weighted by Gasteiger charge is -2.11. The Hall–Kier alpha value is -2.31. The molecule has 0 radical (unpaired) electrons. The van der Waals surface area contributed by atoms with E-state index in [9.17, 15) is 4.79 Å². The molecule has 2 aromatic heterocycles. The number of nitrogens with two attached hydrogens (primary N) is 1. The van der Waals surface area contributed by atoms with Gasteiger partial charge in [0, 0.05) is 36.9 Å². The van der Waals surface area contributed by atoms with Crippen LogP contribution < -0.4 is 11.1 Å². The van der Waals surface area contributed by atoms with Crippen LogP contribution in [0.1, 0.15) is 11.1 Å². The summed E-state index contributed by atoms with van der Waals surface area (Å²) in [7, 11) is 1.87. The first kappa shape index (κ1) is 18.0. The molecule has 6 nitrogen and oxygen atoms in total. The van der Waals surface area contributed by atoms with Gasteiger partial charge in [0.25, 0.3) is 0 Å². The van der Waals surface area contributed by atoms with Crippen LogP contribution in [0.5, 0.6) is 0 Å². The fraction of sp³-hybridized carbons (Fsp3) is 0.294. The highest BCUT2D eigenvalue weighted by Gasteiger charge is 2.15. The number of para-hydroxylation sites is 1. The van der Waals surface area contributed by atoms with Crippen molar-refractivity contribution in [3.05, 3.63) is 54.0 Å². The van der Waals surface area contributed by atoms with Gasteiger partial charge in [-0.1, -0.05) is 18.2 Å². The molecule has 24 heavy (non-hydrogen) atoms. The van der Waals surface area contributed by atoms with Crippen molar-refractivity contribution in [1.29, 1.82) is 0 Å². The van der Waals surface area contributed by atoms with Crippen molar-refractivity contribution in [2.24, 2.45) is 12.8 Å². The van der Waals surface area contributed by atoms with E-state index in [0.717, 1.165) is 28.5 Å². The van der Waals surface area contributed by atoms with E-state index in [1.807, 2.05) is 43.7 Å². The fourth-order valence-electron chi connectivity index (χ4n) is 2.69. The van der Waals surface area contributed by atoms with Crippen LogP contribution in [0.2, 0.25) is 0 Å². The van der Waals surface area contributed by atoms with Gasteiger partial charge in [-0.15, -0.1) is 12.4 Å². The molecule has 0 aliphatic carbocycles. The molecule has 1 atom stereocenters. The number of benzene rings is 1. The van der Waals surface area contributed by atoms with Gasteiger partial charge in [-0.25, -0.2) is 0 Å². The topological polar surface area (TPSA) is 88.7 Å². The van der Waals surface area contributed by atoms with E-state index < -0.39 is 6.04 Å². The van der Waals surface area contributed by atoms with Gasteiger partial charge in [0.15, 0.2) is 0 Å². The zero-order valence-corrected chi connectivity index (χ0v) is 14.3. The molecule has 0 saturated carbocycles. The predicted molar refractivity (Wildman–Crippen MR) is 97.1 cm³/mol. The van der Waals surface area contributed by atoms with E-state index in [0.29, 0.717) is 13.0 Å². The Labute approximate surface area is 146 Å². The second-order valence-electron chi connectivity index (χ2n) is 5.73. The third-order valence-electron chi connectivity index (χ3n) is 3.92. The van der Waals surface area contributed by atoms with Crippen molar-refractivity contribution < 1.29 is 4.79 Å². The SMILES string of the molecule is Cl.Cn1cc(CCNC(=O)[C@@H](N)Cc2c[nH]c3ccccc23)cn1. The molecule has 0 aliphatic heterocycles. The van der Waals surface area contributed by atoms with E-state index >= 15 is 0 Å². The Morgan fingerprint density at radius 3 is 2.96 bits per heavy atom. The molecule has 1 amide bonds. The first-order valence-electron chi connectivity index (χ1n) is 7.69. The average Bonchev–Trinajstić information content (AvgIpc) is 3.14. The Morgan fingerprint density at radius 2 is 2.21 bits per heavy atom. The van der Waals surface area contributed by atoms with Crippen LogP contribution in [0.4, 0.5) is 0 Å². The van der Waals surface area contributed by atoms with Gasteiger partial charge >= 0.3 is 0 Å². The highest BCUT2D eigenvalue weighted by molar-refractivity contribution is 5.86. The molecular formula is C17H22ClN5O. The Morgan fingerprint density at radius 1 is 1.42 bits per heavy atom. The zero-order valence-electron chi connectivity index (χ0n) is 13.5. The average molecular weight is 348 g/mol. The number of aromatic amines is 1. The lowest BCUT2D eigenvalue weighted by atomic mass is 10.1. The van der Waals surface area contributed by atoms with E-state index in [1.165, 1.54) is 0 Å². The summed E-state index contributed by atoms with van der Waals surface area (Å²) in [6.07, 6.45) is 6.94. The van der Waals surface area contributed by atoms with Gasteiger partial charge in [-0.2, -0.15) is 5.10 Å². The zero-order chi connectivity index (χ0) is 16.2. The fourth-order valence-corrected chi connectivity index (χ4v) is 2.69. The maximum absolute atomic E-state index is 12.1. The molecule has 0 unspecified atom stereocenters. The standard InChI is InChI=1S/C17H21N5O.ClH/c1-22-11-12(9-21-22)6-7-19-17(23)15(18)8-13-10-20-16-5-3-2-4-14(13)16;/h2-5,9-11,15,20H,6-8,18H2,1H3,(H,19,23);1H/t15-;/m0./s1. The summed E-state index contributed by atoms with van der Waals surface area (Å²) >= 11 is 0. The second-order valence-corrected chi connectivity index (χ2v) is 5.73. The molecule has 3 rings (SSSR count). The summed E-state index contributed by atoms with van der Waals surface area (Å²) in [6.45, 7) is 0.562. The molecule has 128 valence electrons. The van der Waals surface area contributed by atoms with Gasteiger partial charge in [0.2, 0.25) is 5.91 Å². The van der Waals surface area contributed by atoms with E-state index in [2.05, 4.69) is 15.4 Å². The molecule has 3 aromatic rings. The Kier molecular flexibility index (Phi) is 6.00.